The maximum absolute atomic E-state index is 13.5. The van der Waals surface area contributed by atoms with Gasteiger partial charge in [0.05, 0.1) is 17.1 Å². The van der Waals surface area contributed by atoms with Gasteiger partial charge in [-0.2, -0.15) is 0 Å². The molecule has 3 unspecified atom stereocenters. The number of amides is 1. The van der Waals surface area contributed by atoms with Crippen LogP contribution in [0.15, 0.2) is 67.1 Å². The maximum Gasteiger partial charge on any atom is 0.254 e. The van der Waals surface area contributed by atoms with Crippen molar-refractivity contribution < 1.29 is 19.1 Å². The van der Waals surface area contributed by atoms with Crippen LogP contribution in [0, 0.1) is 0 Å². The number of carbonyl (C=O) groups is 2. The van der Waals surface area contributed by atoms with E-state index in [1.54, 1.807) is 30.5 Å². The highest BCUT2D eigenvalue weighted by atomic mass is 16.6. The number of piperidine rings is 1. The molecule has 9 nitrogen and oxygen atoms in total. The Balaban J connectivity index is 1.20. The molecule has 0 saturated carbocycles. The van der Waals surface area contributed by atoms with Gasteiger partial charge in [-0.15, -0.1) is 0 Å². The summed E-state index contributed by atoms with van der Waals surface area (Å²) in [5.74, 6) is 1.87. The molecule has 0 aliphatic carbocycles. The van der Waals surface area contributed by atoms with Crippen molar-refractivity contribution in [1.29, 1.82) is 0 Å². The van der Waals surface area contributed by atoms with E-state index in [2.05, 4.69) is 20.3 Å². The molecule has 2 saturated heterocycles. The summed E-state index contributed by atoms with van der Waals surface area (Å²) in [6.07, 6.45) is 5.77. The van der Waals surface area contributed by atoms with Crippen molar-refractivity contribution >= 4 is 28.5 Å². The summed E-state index contributed by atoms with van der Waals surface area (Å²) >= 11 is 0. The Kier molecular flexibility index (Phi) is 6.51. The number of hydrogen-bond acceptors (Lipinski definition) is 7. The first-order chi connectivity index (χ1) is 18.6. The number of nitrogens with zero attached hydrogens (tertiary/aromatic N) is 3. The van der Waals surface area contributed by atoms with Gasteiger partial charge >= 0.3 is 0 Å². The molecule has 2 aromatic heterocycles. The van der Waals surface area contributed by atoms with Gasteiger partial charge in [0.2, 0.25) is 0 Å². The number of rotatable bonds is 8. The van der Waals surface area contributed by atoms with E-state index in [0.717, 1.165) is 31.6 Å². The van der Waals surface area contributed by atoms with Gasteiger partial charge in [0.1, 0.15) is 29.3 Å². The third kappa shape index (κ3) is 4.84. The van der Waals surface area contributed by atoms with Crippen LogP contribution in [0.5, 0.6) is 11.5 Å². The first-order valence-electron chi connectivity index (χ1n) is 13.0. The van der Waals surface area contributed by atoms with Crippen molar-refractivity contribution in [2.24, 2.45) is 0 Å². The molecule has 6 rings (SSSR count). The van der Waals surface area contributed by atoms with Gasteiger partial charge in [-0.1, -0.05) is 18.2 Å². The number of fused-ring (bicyclic) bond motifs is 1. The number of likely N-dealkylation sites (tertiary alicyclic amines) is 1. The van der Waals surface area contributed by atoms with Crippen molar-refractivity contribution in [3.8, 4) is 11.5 Å². The average molecular weight is 512 g/mol. The first kappa shape index (κ1) is 24.1. The molecular formula is C29H29N5O4. The number of carbonyl (C=O) groups excluding carboxylic acids is 2. The molecule has 2 aliphatic heterocycles. The van der Waals surface area contributed by atoms with Gasteiger partial charge < -0.3 is 24.7 Å². The molecule has 4 heterocycles. The fraction of sp³-hybridized carbons (Fsp3) is 0.310. The van der Waals surface area contributed by atoms with Crippen molar-refractivity contribution in [1.82, 2.24) is 19.9 Å². The fourth-order valence-electron chi connectivity index (χ4n) is 5.06. The lowest BCUT2D eigenvalue weighted by molar-refractivity contribution is -0.135. The topological polar surface area (TPSA) is 113 Å². The summed E-state index contributed by atoms with van der Waals surface area (Å²) in [6.45, 7) is 3.18. The van der Waals surface area contributed by atoms with E-state index in [4.69, 9.17) is 9.47 Å². The Morgan fingerprint density at radius 1 is 1.08 bits per heavy atom. The van der Waals surface area contributed by atoms with Crippen LogP contribution in [0.25, 0.3) is 11.0 Å². The molecule has 194 valence electrons. The number of ketones is 1. The van der Waals surface area contributed by atoms with Crippen molar-refractivity contribution in [3.05, 3.63) is 78.2 Å². The van der Waals surface area contributed by atoms with Crippen LogP contribution >= 0.6 is 0 Å². The van der Waals surface area contributed by atoms with E-state index in [-0.39, 0.29) is 29.9 Å². The number of H-pyrrole nitrogens is 1. The van der Waals surface area contributed by atoms with Crippen LogP contribution in [0.2, 0.25) is 0 Å². The molecule has 38 heavy (non-hydrogen) atoms. The van der Waals surface area contributed by atoms with Crippen LogP contribution < -0.4 is 10.1 Å². The van der Waals surface area contributed by atoms with Crippen molar-refractivity contribution in [3.63, 3.8) is 0 Å². The highest BCUT2D eigenvalue weighted by Gasteiger charge is 2.45. The lowest BCUT2D eigenvalue weighted by Gasteiger charge is -2.35. The monoisotopic (exact) mass is 511 g/mol. The predicted molar refractivity (Wildman–Crippen MR) is 142 cm³/mol. The number of aromatic nitrogens is 3. The van der Waals surface area contributed by atoms with E-state index in [1.165, 1.54) is 6.33 Å². The largest absolute Gasteiger partial charge is 0.457 e. The van der Waals surface area contributed by atoms with Crippen LogP contribution in [-0.2, 0) is 9.53 Å². The zero-order chi connectivity index (χ0) is 26.1. The van der Waals surface area contributed by atoms with Gasteiger partial charge in [0, 0.05) is 30.9 Å². The minimum Gasteiger partial charge on any atom is -0.457 e. The average Bonchev–Trinajstić information content (AvgIpc) is 3.53. The Labute approximate surface area is 220 Å². The Hall–Kier alpha value is -4.24. The lowest BCUT2D eigenvalue weighted by atomic mass is 10.0. The number of ether oxygens (including phenoxy) is 2. The minimum atomic E-state index is -0.320. The van der Waals surface area contributed by atoms with Crippen LogP contribution in [0.3, 0.4) is 0 Å². The fourth-order valence-corrected chi connectivity index (χ4v) is 5.06. The third-order valence-electron chi connectivity index (χ3n) is 7.18. The second kappa shape index (κ2) is 10.3. The van der Waals surface area contributed by atoms with Gasteiger partial charge in [-0.3, -0.25) is 9.59 Å². The Bertz CT molecular complexity index is 1450. The van der Waals surface area contributed by atoms with E-state index in [9.17, 15) is 9.59 Å². The number of hydrogen-bond donors (Lipinski definition) is 2. The summed E-state index contributed by atoms with van der Waals surface area (Å²) in [6, 6.07) is 16.6. The SMILES string of the molecule is CC1OC1C(=O)N1CCCCC1CNc1ncnc2[nH]cc(C(=O)c3ccc(Oc4ccccc4)cc3)c12. The van der Waals surface area contributed by atoms with Crippen LogP contribution in [0.4, 0.5) is 5.82 Å². The number of epoxide rings is 1. The molecule has 3 atom stereocenters. The number of para-hydroxylation sites is 1. The summed E-state index contributed by atoms with van der Waals surface area (Å²) in [4.78, 5) is 40.2. The minimum absolute atomic E-state index is 0.00748. The van der Waals surface area contributed by atoms with Crippen LogP contribution in [0.1, 0.15) is 42.1 Å². The van der Waals surface area contributed by atoms with Gasteiger partial charge in [0.15, 0.2) is 11.9 Å². The summed E-state index contributed by atoms with van der Waals surface area (Å²) in [7, 11) is 0. The number of benzene rings is 2. The smallest absolute Gasteiger partial charge is 0.254 e. The molecule has 4 aromatic rings. The molecule has 0 bridgehead atoms. The Morgan fingerprint density at radius 2 is 1.84 bits per heavy atom. The van der Waals surface area contributed by atoms with E-state index < -0.39 is 0 Å². The van der Waals surface area contributed by atoms with Crippen molar-refractivity contribution in [2.45, 2.75) is 44.4 Å². The Morgan fingerprint density at radius 3 is 2.61 bits per heavy atom. The predicted octanol–water partition coefficient (Wildman–Crippen LogP) is 4.56. The summed E-state index contributed by atoms with van der Waals surface area (Å²) in [5.41, 5.74) is 1.59. The van der Waals surface area contributed by atoms with Crippen LogP contribution in [-0.4, -0.2) is 62.9 Å². The summed E-state index contributed by atoms with van der Waals surface area (Å²) in [5, 5.41) is 4.04. The van der Waals surface area contributed by atoms with Gasteiger partial charge in [-0.25, -0.2) is 9.97 Å². The second-order valence-electron chi connectivity index (χ2n) is 9.74. The lowest BCUT2D eigenvalue weighted by Crippen LogP contribution is -2.49. The van der Waals surface area contributed by atoms with Gasteiger partial charge in [0.25, 0.3) is 5.91 Å². The standard InChI is InChI=1S/C29H29N5O4/c1-18-26(37-18)29(36)34-14-6-5-7-20(34)15-30-27-24-23(16-31-28(24)33-17-32-27)25(35)19-10-12-22(13-11-19)38-21-8-3-2-4-9-21/h2-4,8-13,16-18,20,26H,5-7,14-15H2,1H3,(H2,30,31,32,33). The molecule has 0 radical (unpaired) electrons. The quantitative estimate of drug-likeness (QED) is 0.263. The van der Waals surface area contributed by atoms with Gasteiger partial charge in [-0.05, 0) is 62.6 Å². The normalized spacial score (nSPS) is 20.8. The van der Waals surface area contributed by atoms with E-state index >= 15 is 0 Å². The summed E-state index contributed by atoms with van der Waals surface area (Å²) < 4.78 is 11.3. The van der Waals surface area contributed by atoms with E-state index in [0.29, 0.717) is 40.3 Å². The molecule has 1 amide bonds. The maximum atomic E-state index is 13.5. The molecular weight excluding hydrogens is 482 g/mol. The molecule has 2 fully saturated rings. The zero-order valence-corrected chi connectivity index (χ0v) is 21.1. The zero-order valence-electron chi connectivity index (χ0n) is 21.1. The molecule has 2 aliphatic rings. The second-order valence-corrected chi connectivity index (χ2v) is 9.74. The highest BCUT2D eigenvalue weighted by molar-refractivity contribution is 6.18. The molecule has 0 spiro atoms. The number of anilines is 1. The molecule has 2 N–H and O–H groups in total. The molecule has 9 heteroatoms. The first-order valence-corrected chi connectivity index (χ1v) is 13.0. The highest BCUT2D eigenvalue weighted by Crippen LogP contribution is 2.30. The molecule has 2 aromatic carbocycles. The van der Waals surface area contributed by atoms with Crippen molar-refractivity contribution in [2.75, 3.05) is 18.4 Å². The van der Waals surface area contributed by atoms with E-state index in [1.807, 2.05) is 42.2 Å². The number of aromatic amines is 1. The third-order valence-corrected chi connectivity index (χ3v) is 7.18. The number of nitrogens with one attached hydrogen (secondary N) is 2.